The van der Waals surface area contributed by atoms with Crippen molar-refractivity contribution in [2.45, 2.75) is 6.92 Å². The van der Waals surface area contributed by atoms with Gasteiger partial charge in [-0.05, 0) is 31.2 Å². The quantitative estimate of drug-likeness (QED) is 0.823. The normalized spacial score (nSPS) is 10.1. The van der Waals surface area contributed by atoms with E-state index in [1.165, 1.54) is 13.2 Å². The third-order valence-electron chi connectivity index (χ3n) is 2.64. The topological polar surface area (TPSA) is 59.4 Å². The van der Waals surface area contributed by atoms with E-state index >= 15 is 0 Å². The van der Waals surface area contributed by atoms with E-state index in [-0.39, 0.29) is 5.75 Å². The number of benzene rings is 1. The van der Waals surface area contributed by atoms with Gasteiger partial charge in [0.15, 0.2) is 0 Å². The maximum Gasteiger partial charge on any atom is 0.337 e. The first-order chi connectivity index (χ1) is 8.61. The second kappa shape index (κ2) is 4.87. The summed E-state index contributed by atoms with van der Waals surface area (Å²) in [7, 11) is 1.30. The molecule has 1 aromatic heterocycles. The number of carbonyl (C=O) groups excluding carboxylic acids is 1. The zero-order valence-electron chi connectivity index (χ0n) is 10.2. The number of aryl methyl sites for hydroxylation is 1. The Labute approximate surface area is 105 Å². The van der Waals surface area contributed by atoms with Crippen LogP contribution in [0.2, 0.25) is 0 Å². The number of carbonyl (C=O) groups is 1. The number of hydrogen-bond donors (Lipinski definition) is 1. The van der Waals surface area contributed by atoms with Gasteiger partial charge in [-0.1, -0.05) is 6.07 Å². The molecule has 2 rings (SSSR count). The molecule has 0 saturated heterocycles. The van der Waals surface area contributed by atoms with Crippen LogP contribution >= 0.6 is 0 Å². The van der Waals surface area contributed by atoms with E-state index in [2.05, 4.69) is 9.72 Å². The first-order valence-corrected chi connectivity index (χ1v) is 5.46. The zero-order chi connectivity index (χ0) is 13.1. The summed E-state index contributed by atoms with van der Waals surface area (Å²) in [5, 5.41) is 9.92. The van der Waals surface area contributed by atoms with Crippen molar-refractivity contribution in [1.29, 1.82) is 0 Å². The van der Waals surface area contributed by atoms with E-state index in [1.807, 2.05) is 19.1 Å². The van der Waals surface area contributed by atoms with Gasteiger partial charge < -0.3 is 9.84 Å². The summed E-state index contributed by atoms with van der Waals surface area (Å²) >= 11 is 0. The van der Waals surface area contributed by atoms with Crippen LogP contribution in [0.15, 0.2) is 36.5 Å². The van der Waals surface area contributed by atoms with E-state index < -0.39 is 5.97 Å². The molecule has 0 aliphatic carbocycles. The van der Waals surface area contributed by atoms with Gasteiger partial charge in [0.1, 0.15) is 5.75 Å². The van der Waals surface area contributed by atoms with E-state index in [0.29, 0.717) is 11.1 Å². The highest BCUT2D eigenvalue weighted by Crippen LogP contribution is 2.29. The summed E-state index contributed by atoms with van der Waals surface area (Å²) in [6, 6.07) is 8.41. The van der Waals surface area contributed by atoms with Gasteiger partial charge in [-0.2, -0.15) is 0 Å². The molecule has 18 heavy (non-hydrogen) atoms. The van der Waals surface area contributed by atoms with Gasteiger partial charge in [-0.15, -0.1) is 0 Å². The Morgan fingerprint density at radius 2 is 2.06 bits per heavy atom. The highest BCUT2D eigenvalue weighted by Gasteiger charge is 2.10. The SMILES string of the molecule is COC(=O)c1ccc(-c2ccc(C)nc2)c(O)c1. The molecule has 0 spiro atoms. The van der Waals surface area contributed by atoms with Crippen LogP contribution in [0.5, 0.6) is 5.75 Å². The number of ether oxygens (including phenoxy) is 1. The fourth-order valence-corrected chi connectivity index (χ4v) is 1.65. The van der Waals surface area contributed by atoms with Crippen LogP contribution < -0.4 is 0 Å². The predicted molar refractivity (Wildman–Crippen MR) is 67.4 cm³/mol. The molecule has 0 fully saturated rings. The number of phenols is 1. The molecular weight excluding hydrogens is 230 g/mol. The fraction of sp³-hybridized carbons (Fsp3) is 0.143. The Balaban J connectivity index is 2.41. The Hall–Kier alpha value is -2.36. The van der Waals surface area contributed by atoms with Crippen LogP contribution in [0.1, 0.15) is 16.1 Å². The molecule has 0 amide bonds. The van der Waals surface area contributed by atoms with Gasteiger partial charge in [0.2, 0.25) is 0 Å². The monoisotopic (exact) mass is 243 g/mol. The minimum Gasteiger partial charge on any atom is -0.507 e. The summed E-state index contributed by atoms with van der Waals surface area (Å²) < 4.78 is 4.59. The minimum atomic E-state index is -0.473. The molecule has 0 saturated carbocycles. The van der Waals surface area contributed by atoms with Crippen molar-refractivity contribution < 1.29 is 14.6 Å². The van der Waals surface area contributed by atoms with Crippen molar-refractivity contribution in [1.82, 2.24) is 4.98 Å². The van der Waals surface area contributed by atoms with Crippen LogP contribution in [0, 0.1) is 6.92 Å². The molecule has 0 aliphatic heterocycles. The predicted octanol–water partition coefficient (Wildman–Crippen LogP) is 2.55. The first kappa shape index (κ1) is 12.1. The zero-order valence-corrected chi connectivity index (χ0v) is 10.2. The lowest BCUT2D eigenvalue weighted by molar-refractivity contribution is 0.0600. The van der Waals surface area contributed by atoms with Crippen LogP contribution in [0.4, 0.5) is 0 Å². The van der Waals surface area contributed by atoms with Crippen molar-refractivity contribution >= 4 is 5.97 Å². The molecule has 0 unspecified atom stereocenters. The molecule has 92 valence electrons. The van der Waals surface area contributed by atoms with Crippen LogP contribution in [-0.2, 0) is 4.74 Å². The summed E-state index contributed by atoms with van der Waals surface area (Å²) in [6.07, 6.45) is 1.68. The molecule has 2 aromatic rings. The molecule has 4 nitrogen and oxygen atoms in total. The summed E-state index contributed by atoms with van der Waals surface area (Å²) in [5.74, 6) is -0.442. The van der Waals surface area contributed by atoms with E-state index in [9.17, 15) is 9.90 Å². The number of rotatable bonds is 2. The lowest BCUT2D eigenvalue weighted by Crippen LogP contribution is -2.00. The summed E-state index contributed by atoms with van der Waals surface area (Å²) in [6.45, 7) is 1.89. The Morgan fingerprint density at radius 3 is 2.61 bits per heavy atom. The maximum absolute atomic E-state index is 11.3. The molecule has 1 aromatic carbocycles. The van der Waals surface area contributed by atoms with Crippen LogP contribution in [0.3, 0.4) is 0 Å². The number of aromatic hydroxyl groups is 1. The second-order valence-electron chi connectivity index (χ2n) is 3.91. The third-order valence-corrected chi connectivity index (χ3v) is 2.64. The average Bonchev–Trinajstić information content (AvgIpc) is 2.39. The number of nitrogens with zero attached hydrogens (tertiary/aromatic N) is 1. The van der Waals surface area contributed by atoms with Crippen LogP contribution in [-0.4, -0.2) is 23.2 Å². The number of hydrogen-bond acceptors (Lipinski definition) is 4. The number of phenolic OH excluding ortho intramolecular Hbond substituents is 1. The molecule has 1 N–H and O–H groups in total. The van der Waals surface area contributed by atoms with E-state index in [4.69, 9.17) is 0 Å². The van der Waals surface area contributed by atoms with Gasteiger partial charge in [0.05, 0.1) is 12.7 Å². The highest BCUT2D eigenvalue weighted by molar-refractivity contribution is 5.91. The molecule has 0 radical (unpaired) electrons. The molecule has 4 heteroatoms. The molecular formula is C14H13NO3. The molecule has 1 heterocycles. The van der Waals surface area contributed by atoms with Crippen LogP contribution in [0.25, 0.3) is 11.1 Å². The Morgan fingerprint density at radius 1 is 1.28 bits per heavy atom. The lowest BCUT2D eigenvalue weighted by Gasteiger charge is -2.06. The second-order valence-corrected chi connectivity index (χ2v) is 3.91. The van der Waals surface area contributed by atoms with E-state index in [0.717, 1.165) is 11.3 Å². The molecule has 0 atom stereocenters. The van der Waals surface area contributed by atoms with Gasteiger partial charge >= 0.3 is 5.97 Å². The number of esters is 1. The number of methoxy groups -OCH3 is 1. The molecule has 0 aliphatic rings. The minimum absolute atomic E-state index is 0.0311. The van der Waals surface area contributed by atoms with Crippen molar-refractivity contribution in [2.75, 3.05) is 7.11 Å². The Bertz CT molecular complexity index is 576. The van der Waals surface area contributed by atoms with Gasteiger partial charge in [0, 0.05) is 23.0 Å². The maximum atomic E-state index is 11.3. The molecule has 0 bridgehead atoms. The van der Waals surface area contributed by atoms with Gasteiger partial charge in [-0.25, -0.2) is 4.79 Å². The smallest absolute Gasteiger partial charge is 0.337 e. The fourth-order valence-electron chi connectivity index (χ4n) is 1.65. The summed E-state index contributed by atoms with van der Waals surface area (Å²) in [5.41, 5.74) is 2.66. The highest BCUT2D eigenvalue weighted by atomic mass is 16.5. The Kier molecular flexibility index (Phi) is 3.28. The largest absolute Gasteiger partial charge is 0.507 e. The first-order valence-electron chi connectivity index (χ1n) is 5.46. The third kappa shape index (κ3) is 2.32. The number of pyridine rings is 1. The van der Waals surface area contributed by atoms with E-state index in [1.54, 1.807) is 18.3 Å². The van der Waals surface area contributed by atoms with Gasteiger partial charge in [0.25, 0.3) is 0 Å². The number of aromatic nitrogens is 1. The van der Waals surface area contributed by atoms with Crippen molar-refractivity contribution in [3.63, 3.8) is 0 Å². The average molecular weight is 243 g/mol. The lowest BCUT2D eigenvalue weighted by atomic mass is 10.0. The summed E-state index contributed by atoms with van der Waals surface area (Å²) in [4.78, 5) is 15.5. The van der Waals surface area contributed by atoms with Crippen molar-refractivity contribution in [3.8, 4) is 16.9 Å². The van der Waals surface area contributed by atoms with Gasteiger partial charge in [-0.3, -0.25) is 4.98 Å². The van der Waals surface area contributed by atoms with Crippen molar-refractivity contribution in [3.05, 3.63) is 47.8 Å². The standard InChI is InChI=1S/C14H13NO3/c1-9-3-4-11(8-15-9)12-6-5-10(7-13(12)16)14(17)18-2/h3-8,16H,1-2H3. The van der Waals surface area contributed by atoms with Crippen molar-refractivity contribution in [2.24, 2.45) is 0 Å².